The Morgan fingerprint density at radius 1 is 1.25 bits per heavy atom. The van der Waals surface area contributed by atoms with Crippen molar-refractivity contribution in [1.29, 1.82) is 0 Å². The van der Waals surface area contributed by atoms with Crippen LogP contribution in [-0.2, 0) is 11.3 Å². The maximum Gasteiger partial charge on any atom is 0.237 e. The SMILES string of the molecule is COc1cc2c(cc1CN[C@@H](C)C(=O)NC1CCCC1)OCCO2. The van der Waals surface area contributed by atoms with E-state index in [9.17, 15) is 4.79 Å². The monoisotopic (exact) mass is 334 g/mol. The largest absolute Gasteiger partial charge is 0.496 e. The van der Waals surface area contributed by atoms with Crippen molar-refractivity contribution in [1.82, 2.24) is 10.6 Å². The zero-order valence-corrected chi connectivity index (χ0v) is 14.4. The fourth-order valence-electron chi connectivity index (χ4n) is 3.19. The number of benzene rings is 1. The van der Waals surface area contributed by atoms with Crippen molar-refractivity contribution < 1.29 is 19.0 Å². The highest BCUT2D eigenvalue weighted by Gasteiger charge is 2.21. The van der Waals surface area contributed by atoms with E-state index in [1.54, 1.807) is 7.11 Å². The van der Waals surface area contributed by atoms with Gasteiger partial charge in [-0.2, -0.15) is 0 Å². The van der Waals surface area contributed by atoms with E-state index >= 15 is 0 Å². The highest BCUT2D eigenvalue weighted by atomic mass is 16.6. The summed E-state index contributed by atoms with van der Waals surface area (Å²) < 4.78 is 16.6. The van der Waals surface area contributed by atoms with Gasteiger partial charge < -0.3 is 24.8 Å². The van der Waals surface area contributed by atoms with E-state index in [4.69, 9.17) is 14.2 Å². The van der Waals surface area contributed by atoms with Crippen molar-refractivity contribution in [2.45, 2.75) is 51.2 Å². The number of fused-ring (bicyclic) bond motifs is 1. The summed E-state index contributed by atoms with van der Waals surface area (Å²) >= 11 is 0. The molecule has 2 N–H and O–H groups in total. The van der Waals surface area contributed by atoms with Crippen LogP contribution in [-0.4, -0.2) is 38.3 Å². The van der Waals surface area contributed by atoms with Crippen LogP contribution in [0.25, 0.3) is 0 Å². The van der Waals surface area contributed by atoms with E-state index in [0.29, 0.717) is 31.5 Å². The van der Waals surface area contributed by atoms with Gasteiger partial charge in [-0.3, -0.25) is 4.79 Å². The minimum Gasteiger partial charge on any atom is -0.496 e. The number of carbonyl (C=O) groups excluding carboxylic acids is 1. The Hall–Kier alpha value is -1.95. The van der Waals surface area contributed by atoms with Gasteiger partial charge in [-0.1, -0.05) is 12.8 Å². The molecule has 1 fully saturated rings. The van der Waals surface area contributed by atoms with E-state index in [1.807, 2.05) is 19.1 Å². The first-order valence-corrected chi connectivity index (χ1v) is 8.67. The topological polar surface area (TPSA) is 68.8 Å². The molecular formula is C18H26N2O4. The van der Waals surface area contributed by atoms with Crippen LogP contribution in [0.15, 0.2) is 12.1 Å². The maximum absolute atomic E-state index is 12.3. The van der Waals surface area contributed by atoms with Gasteiger partial charge in [0, 0.05) is 24.2 Å². The van der Waals surface area contributed by atoms with E-state index in [2.05, 4.69) is 10.6 Å². The summed E-state index contributed by atoms with van der Waals surface area (Å²) in [5.74, 6) is 2.21. The van der Waals surface area contributed by atoms with Crippen molar-refractivity contribution in [3.8, 4) is 17.2 Å². The molecule has 6 nitrogen and oxygen atoms in total. The lowest BCUT2D eigenvalue weighted by Gasteiger charge is -2.22. The summed E-state index contributed by atoms with van der Waals surface area (Å²) in [6, 6.07) is 3.84. The van der Waals surface area contributed by atoms with Crippen molar-refractivity contribution in [3.05, 3.63) is 17.7 Å². The Labute approximate surface area is 142 Å². The quantitative estimate of drug-likeness (QED) is 0.833. The molecule has 1 aliphatic carbocycles. The zero-order chi connectivity index (χ0) is 16.9. The van der Waals surface area contributed by atoms with Crippen LogP contribution in [0.3, 0.4) is 0 Å². The molecule has 0 spiro atoms. The number of rotatable bonds is 6. The molecule has 0 aromatic heterocycles. The predicted molar refractivity (Wildman–Crippen MR) is 90.7 cm³/mol. The van der Waals surface area contributed by atoms with Crippen LogP contribution in [0, 0.1) is 0 Å². The third kappa shape index (κ3) is 3.93. The van der Waals surface area contributed by atoms with Gasteiger partial charge in [-0.15, -0.1) is 0 Å². The summed E-state index contributed by atoms with van der Waals surface area (Å²) in [6.07, 6.45) is 4.60. The maximum atomic E-state index is 12.3. The first-order chi connectivity index (χ1) is 11.7. The normalized spacial score (nSPS) is 18.2. The lowest BCUT2D eigenvalue weighted by molar-refractivity contribution is -0.123. The van der Waals surface area contributed by atoms with E-state index in [-0.39, 0.29) is 11.9 Å². The minimum atomic E-state index is -0.261. The van der Waals surface area contributed by atoms with E-state index in [1.165, 1.54) is 12.8 Å². The molecule has 1 aromatic carbocycles. The molecule has 1 atom stereocenters. The van der Waals surface area contributed by atoms with Gasteiger partial charge in [0.25, 0.3) is 0 Å². The standard InChI is InChI=1S/C18H26N2O4/c1-12(18(21)20-14-5-3-4-6-14)19-11-13-9-16-17(10-15(13)22-2)24-8-7-23-16/h9-10,12,14,19H,3-8,11H2,1-2H3,(H,20,21)/t12-/m0/s1. The van der Waals surface area contributed by atoms with E-state index < -0.39 is 0 Å². The van der Waals surface area contributed by atoms with Gasteiger partial charge in [-0.25, -0.2) is 0 Å². The summed E-state index contributed by atoms with van der Waals surface area (Å²) in [5, 5.41) is 6.38. The number of methoxy groups -OCH3 is 1. The zero-order valence-electron chi connectivity index (χ0n) is 14.4. The summed E-state index contributed by atoms with van der Waals surface area (Å²) in [7, 11) is 1.63. The average molecular weight is 334 g/mol. The fraction of sp³-hybridized carbons (Fsp3) is 0.611. The second kappa shape index (κ2) is 7.75. The number of ether oxygens (including phenoxy) is 3. The molecule has 0 radical (unpaired) electrons. The summed E-state index contributed by atoms with van der Waals surface area (Å²) in [6.45, 7) is 3.51. The lowest BCUT2D eigenvalue weighted by atomic mass is 10.1. The number of amides is 1. The highest BCUT2D eigenvalue weighted by molar-refractivity contribution is 5.81. The molecule has 0 bridgehead atoms. The smallest absolute Gasteiger partial charge is 0.237 e. The van der Waals surface area contributed by atoms with Gasteiger partial charge in [0.2, 0.25) is 5.91 Å². The van der Waals surface area contributed by atoms with Crippen LogP contribution in [0.4, 0.5) is 0 Å². The molecule has 0 saturated heterocycles. The van der Waals surface area contributed by atoms with Crippen molar-refractivity contribution >= 4 is 5.91 Å². The molecule has 6 heteroatoms. The number of hydrogen-bond donors (Lipinski definition) is 2. The Morgan fingerprint density at radius 2 is 1.92 bits per heavy atom. The molecule has 1 aliphatic heterocycles. The Kier molecular flexibility index (Phi) is 5.45. The van der Waals surface area contributed by atoms with Gasteiger partial charge >= 0.3 is 0 Å². The van der Waals surface area contributed by atoms with Crippen LogP contribution in [0.5, 0.6) is 17.2 Å². The molecule has 3 rings (SSSR count). The number of nitrogens with one attached hydrogen (secondary N) is 2. The molecule has 1 amide bonds. The minimum absolute atomic E-state index is 0.0541. The Bertz CT molecular complexity index is 585. The lowest BCUT2D eigenvalue weighted by Crippen LogP contribution is -2.45. The summed E-state index contributed by atoms with van der Waals surface area (Å²) in [4.78, 5) is 12.3. The van der Waals surface area contributed by atoms with Crippen LogP contribution < -0.4 is 24.8 Å². The van der Waals surface area contributed by atoms with Crippen molar-refractivity contribution in [2.75, 3.05) is 20.3 Å². The third-order valence-corrected chi connectivity index (χ3v) is 4.64. The first-order valence-electron chi connectivity index (χ1n) is 8.67. The third-order valence-electron chi connectivity index (χ3n) is 4.64. The number of carbonyl (C=O) groups is 1. The molecule has 0 unspecified atom stereocenters. The molecular weight excluding hydrogens is 308 g/mol. The van der Waals surface area contributed by atoms with Gasteiger partial charge in [0.15, 0.2) is 11.5 Å². The Balaban J connectivity index is 1.59. The van der Waals surface area contributed by atoms with E-state index in [0.717, 1.165) is 29.9 Å². The Morgan fingerprint density at radius 3 is 2.58 bits per heavy atom. The predicted octanol–water partition coefficient (Wildman–Crippen LogP) is 2.00. The molecule has 1 aromatic rings. The van der Waals surface area contributed by atoms with Crippen LogP contribution in [0.1, 0.15) is 38.2 Å². The molecule has 132 valence electrons. The highest BCUT2D eigenvalue weighted by Crippen LogP contribution is 2.36. The van der Waals surface area contributed by atoms with Gasteiger partial charge in [-0.05, 0) is 25.8 Å². The van der Waals surface area contributed by atoms with Crippen molar-refractivity contribution in [3.63, 3.8) is 0 Å². The summed E-state index contributed by atoms with van der Waals surface area (Å²) in [5.41, 5.74) is 0.947. The second-order valence-electron chi connectivity index (χ2n) is 6.40. The van der Waals surface area contributed by atoms with Gasteiger partial charge in [0.05, 0.1) is 13.2 Å². The van der Waals surface area contributed by atoms with Crippen LogP contribution >= 0.6 is 0 Å². The van der Waals surface area contributed by atoms with Crippen molar-refractivity contribution in [2.24, 2.45) is 0 Å². The molecule has 2 aliphatic rings. The second-order valence-corrected chi connectivity index (χ2v) is 6.40. The first kappa shape index (κ1) is 16.9. The molecule has 24 heavy (non-hydrogen) atoms. The fourth-order valence-corrected chi connectivity index (χ4v) is 3.19. The van der Waals surface area contributed by atoms with Gasteiger partial charge in [0.1, 0.15) is 19.0 Å². The average Bonchev–Trinajstić information content (AvgIpc) is 3.11. The molecule has 1 saturated carbocycles. The molecule has 1 heterocycles. The van der Waals surface area contributed by atoms with Crippen LogP contribution in [0.2, 0.25) is 0 Å². The number of hydrogen-bond acceptors (Lipinski definition) is 5.